The Kier molecular flexibility index (Phi) is 9.33. The van der Waals surface area contributed by atoms with Crippen LogP contribution in [0.1, 0.15) is 25.8 Å². The molecule has 1 aromatic rings. The molecule has 0 bridgehead atoms. The first-order chi connectivity index (χ1) is 13.5. The highest BCUT2D eigenvalue weighted by atomic mass is 32.2. The molecule has 0 aliphatic rings. The van der Waals surface area contributed by atoms with Gasteiger partial charge in [-0.25, -0.2) is 13.2 Å². The van der Waals surface area contributed by atoms with Gasteiger partial charge in [-0.2, -0.15) is 0 Å². The molecule has 3 N–H and O–H groups in total. The largest absolute Gasteiger partial charge is 0.481 e. The van der Waals surface area contributed by atoms with Crippen LogP contribution < -0.4 is 10.6 Å². The molecule has 2 atom stereocenters. The van der Waals surface area contributed by atoms with Crippen LogP contribution in [0.15, 0.2) is 41.8 Å². The summed E-state index contributed by atoms with van der Waals surface area (Å²) in [5.74, 6) is -2.20. The van der Waals surface area contributed by atoms with E-state index in [2.05, 4.69) is 10.6 Å². The van der Waals surface area contributed by atoms with Crippen molar-refractivity contribution in [3.8, 4) is 0 Å². The van der Waals surface area contributed by atoms with Gasteiger partial charge in [-0.05, 0) is 11.5 Å². The number of nitrogens with one attached hydrogen (secondary N) is 2. The van der Waals surface area contributed by atoms with Crippen molar-refractivity contribution < 1.29 is 32.6 Å². The number of benzene rings is 1. The number of aliphatic carboxylic acids is 1. The van der Waals surface area contributed by atoms with Crippen molar-refractivity contribution in [1.82, 2.24) is 10.6 Å². The van der Waals surface area contributed by atoms with Crippen LogP contribution in [0, 0.1) is 5.92 Å². The maximum absolute atomic E-state index is 12.6. The van der Waals surface area contributed by atoms with Crippen LogP contribution in [0.4, 0.5) is 4.79 Å². The Bertz CT molecular complexity index is 835. The summed E-state index contributed by atoms with van der Waals surface area (Å²) < 4.78 is 27.6. The first-order valence-electron chi connectivity index (χ1n) is 8.85. The third kappa shape index (κ3) is 10.3. The molecule has 0 saturated carbocycles. The number of ether oxygens (including phenoxy) is 1. The lowest BCUT2D eigenvalue weighted by Crippen LogP contribution is -2.52. The highest BCUT2D eigenvalue weighted by Crippen LogP contribution is 2.06. The second-order valence-electron chi connectivity index (χ2n) is 6.80. The number of rotatable bonds is 10. The zero-order valence-electron chi connectivity index (χ0n) is 16.5. The molecule has 0 saturated heterocycles. The minimum atomic E-state index is -3.49. The first-order valence-corrected chi connectivity index (χ1v) is 10.8. The highest BCUT2D eigenvalue weighted by Gasteiger charge is 2.27. The number of carboxylic acids is 1. The Morgan fingerprint density at radius 2 is 1.76 bits per heavy atom. The van der Waals surface area contributed by atoms with Gasteiger partial charge in [-0.3, -0.25) is 9.59 Å². The normalized spacial score (nSPS) is 13.7. The van der Waals surface area contributed by atoms with Gasteiger partial charge in [0.2, 0.25) is 5.91 Å². The van der Waals surface area contributed by atoms with Crippen molar-refractivity contribution in [2.45, 2.75) is 39.0 Å². The number of alkyl carbamates (subject to hydrolysis) is 1. The monoisotopic (exact) mass is 426 g/mol. The van der Waals surface area contributed by atoms with E-state index in [1.807, 2.05) is 6.07 Å². The van der Waals surface area contributed by atoms with Crippen molar-refractivity contribution in [2.24, 2.45) is 5.92 Å². The second kappa shape index (κ2) is 11.2. The summed E-state index contributed by atoms with van der Waals surface area (Å²) in [6, 6.07) is 6.93. The first kappa shape index (κ1) is 24.2. The fourth-order valence-electron chi connectivity index (χ4n) is 2.29. The molecule has 1 aromatic carbocycles. The van der Waals surface area contributed by atoms with Gasteiger partial charge in [0.25, 0.3) is 0 Å². The molecule has 0 fully saturated rings. The van der Waals surface area contributed by atoms with Gasteiger partial charge in [-0.15, -0.1) is 0 Å². The lowest BCUT2D eigenvalue weighted by Gasteiger charge is -2.23. The average Bonchev–Trinajstić information content (AvgIpc) is 2.62. The summed E-state index contributed by atoms with van der Waals surface area (Å²) in [6.45, 7) is 3.42. The van der Waals surface area contributed by atoms with Crippen LogP contribution in [0.3, 0.4) is 0 Å². The summed E-state index contributed by atoms with van der Waals surface area (Å²) in [5, 5.41) is 14.7. The fraction of sp³-hybridized carbons (Fsp3) is 0.421. The van der Waals surface area contributed by atoms with Crippen LogP contribution in [0.5, 0.6) is 0 Å². The number of sulfone groups is 1. The average molecular weight is 426 g/mol. The van der Waals surface area contributed by atoms with Gasteiger partial charge in [0, 0.05) is 11.7 Å². The molecule has 0 aromatic heterocycles. The minimum absolute atomic E-state index is 0.0256. The van der Waals surface area contributed by atoms with E-state index in [1.54, 1.807) is 38.1 Å². The summed E-state index contributed by atoms with van der Waals surface area (Å²) in [5.41, 5.74) is 0.778. The third-order valence-electron chi connectivity index (χ3n) is 3.72. The molecule has 160 valence electrons. The highest BCUT2D eigenvalue weighted by molar-refractivity contribution is 7.93. The van der Waals surface area contributed by atoms with Crippen molar-refractivity contribution in [1.29, 1.82) is 0 Å². The van der Waals surface area contributed by atoms with E-state index in [-0.39, 0.29) is 12.5 Å². The number of hydrogen-bond acceptors (Lipinski definition) is 6. The van der Waals surface area contributed by atoms with Crippen molar-refractivity contribution in [3.63, 3.8) is 0 Å². The molecular weight excluding hydrogens is 400 g/mol. The van der Waals surface area contributed by atoms with Crippen LogP contribution in [-0.4, -0.2) is 49.8 Å². The number of carbonyl (C=O) groups excluding carboxylic acids is 2. The van der Waals surface area contributed by atoms with Gasteiger partial charge in [0.05, 0.1) is 12.5 Å². The molecule has 0 spiro atoms. The van der Waals surface area contributed by atoms with Crippen molar-refractivity contribution >= 4 is 27.8 Å². The minimum Gasteiger partial charge on any atom is -0.481 e. The van der Waals surface area contributed by atoms with E-state index in [4.69, 9.17) is 9.84 Å². The molecule has 0 heterocycles. The van der Waals surface area contributed by atoms with E-state index in [1.165, 1.54) is 0 Å². The SMILES string of the molecule is CC(C)C(NC(=O)OCc1ccccc1)C(=O)N[C@H](/C=C/S(C)(=O)=O)CC(=O)O. The Labute approximate surface area is 170 Å². The fourth-order valence-corrected chi connectivity index (χ4v) is 2.77. The van der Waals surface area contributed by atoms with E-state index in [0.717, 1.165) is 23.3 Å². The van der Waals surface area contributed by atoms with Gasteiger partial charge in [0.15, 0.2) is 9.84 Å². The number of carbonyl (C=O) groups is 3. The van der Waals surface area contributed by atoms with Gasteiger partial charge < -0.3 is 20.5 Å². The zero-order valence-corrected chi connectivity index (χ0v) is 17.3. The van der Waals surface area contributed by atoms with Gasteiger partial charge in [0.1, 0.15) is 12.6 Å². The van der Waals surface area contributed by atoms with Gasteiger partial charge >= 0.3 is 12.1 Å². The lowest BCUT2D eigenvalue weighted by molar-refractivity contribution is -0.137. The Hall–Kier alpha value is -2.88. The molecule has 1 rings (SSSR count). The van der Waals surface area contributed by atoms with Crippen LogP contribution >= 0.6 is 0 Å². The van der Waals surface area contributed by atoms with E-state index in [9.17, 15) is 22.8 Å². The third-order valence-corrected chi connectivity index (χ3v) is 4.37. The van der Waals surface area contributed by atoms with E-state index in [0.29, 0.717) is 0 Å². The summed E-state index contributed by atoms with van der Waals surface area (Å²) in [4.78, 5) is 35.6. The standard InChI is InChI=1S/C19H26N2O7S/c1-13(2)17(21-19(25)28-12-14-7-5-4-6-8-14)18(24)20-15(11-16(22)23)9-10-29(3,26)27/h4-10,13,15,17H,11-12H2,1-3H3,(H,20,24)(H,21,25)(H,22,23)/b10-9+/t15-,17?/m1/s1. The molecule has 0 aliphatic heterocycles. The van der Waals surface area contributed by atoms with Crippen molar-refractivity contribution in [3.05, 3.63) is 47.4 Å². The molecule has 0 radical (unpaired) electrons. The smallest absolute Gasteiger partial charge is 0.408 e. The molecule has 2 amide bonds. The zero-order chi connectivity index (χ0) is 22.0. The van der Waals surface area contributed by atoms with E-state index >= 15 is 0 Å². The Morgan fingerprint density at radius 3 is 2.28 bits per heavy atom. The maximum atomic E-state index is 12.6. The molecule has 0 aliphatic carbocycles. The Morgan fingerprint density at radius 1 is 1.14 bits per heavy atom. The maximum Gasteiger partial charge on any atom is 0.408 e. The van der Waals surface area contributed by atoms with Crippen LogP contribution in [0.25, 0.3) is 0 Å². The quantitative estimate of drug-likeness (QED) is 0.515. The topological polar surface area (TPSA) is 139 Å². The molecular formula is C19H26N2O7S. The lowest BCUT2D eigenvalue weighted by atomic mass is 10.0. The number of carboxylic acid groups (broad SMARTS) is 1. The molecule has 29 heavy (non-hydrogen) atoms. The number of hydrogen-bond donors (Lipinski definition) is 3. The molecule has 9 nitrogen and oxygen atoms in total. The second-order valence-corrected chi connectivity index (χ2v) is 8.73. The van der Waals surface area contributed by atoms with Crippen molar-refractivity contribution in [2.75, 3.05) is 6.26 Å². The summed E-state index contributed by atoms with van der Waals surface area (Å²) >= 11 is 0. The summed E-state index contributed by atoms with van der Waals surface area (Å²) in [7, 11) is -3.49. The van der Waals surface area contributed by atoms with Gasteiger partial charge in [-0.1, -0.05) is 50.3 Å². The predicted octanol–water partition coefficient (Wildman–Crippen LogP) is 1.46. The molecule has 10 heteroatoms. The summed E-state index contributed by atoms with van der Waals surface area (Å²) in [6.07, 6.45) is 0.724. The predicted molar refractivity (Wildman–Crippen MR) is 107 cm³/mol. The Balaban J connectivity index is 2.76. The molecule has 1 unspecified atom stereocenters. The van der Waals surface area contributed by atoms with Crippen LogP contribution in [-0.2, 0) is 30.8 Å². The van der Waals surface area contributed by atoms with Crippen LogP contribution in [0.2, 0.25) is 0 Å². The number of amides is 2. The van der Waals surface area contributed by atoms with E-state index < -0.39 is 46.3 Å².